The molecular weight excluding hydrogens is 483 g/mol. The van der Waals surface area contributed by atoms with Gasteiger partial charge in [-0.1, -0.05) is 35.0 Å². The summed E-state index contributed by atoms with van der Waals surface area (Å²) in [6.45, 7) is 6.82. The number of halogens is 2. The van der Waals surface area contributed by atoms with E-state index >= 15 is 0 Å². The Labute approximate surface area is 202 Å². The zero-order valence-electron chi connectivity index (χ0n) is 19.0. The number of aryl methyl sites for hydroxylation is 2. The van der Waals surface area contributed by atoms with E-state index in [0.717, 1.165) is 52.3 Å². The first kappa shape index (κ1) is 23.4. The average Bonchev–Trinajstić information content (AvgIpc) is 3.06. The van der Waals surface area contributed by atoms with E-state index in [4.69, 9.17) is 4.98 Å². The SMILES string of the molecule is CCc1nc(C)nc(N2CCCN(C(=O)c3ccc(Br)cc3)CC2)c1Cc1cccc(F)c1. The minimum atomic E-state index is -0.239. The van der Waals surface area contributed by atoms with Crippen LogP contribution in [0.2, 0.25) is 0 Å². The van der Waals surface area contributed by atoms with Gasteiger partial charge in [0, 0.05) is 53.9 Å². The summed E-state index contributed by atoms with van der Waals surface area (Å²) in [6.07, 6.45) is 2.21. The predicted molar refractivity (Wildman–Crippen MR) is 132 cm³/mol. The molecule has 0 unspecified atom stereocenters. The summed E-state index contributed by atoms with van der Waals surface area (Å²) in [5.74, 6) is 1.45. The summed E-state index contributed by atoms with van der Waals surface area (Å²) in [5, 5.41) is 0. The first-order chi connectivity index (χ1) is 15.9. The van der Waals surface area contributed by atoms with Crippen LogP contribution in [0.15, 0.2) is 53.0 Å². The standard InChI is InChI=1S/C26H28BrFN4O/c1-3-24-23(17-19-6-4-7-22(28)16-19)25(30-18(2)29-24)31-12-5-13-32(15-14-31)26(33)20-8-10-21(27)11-9-20/h4,6-11,16H,3,5,12-15,17H2,1-2H3. The lowest BCUT2D eigenvalue weighted by molar-refractivity contribution is 0.0767. The van der Waals surface area contributed by atoms with Crippen molar-refractivity contribution in [2.24, 2.45) is 0 Å². The summed E-state index contributed by atoms with van der Waals surface area (Å²) in [5.41, 5.74) is 3.64. The lowest BCUT2D eigenvalue weighted by atomic mass is 10.0. The first-order valence-electron chi connectivity index (χ1n) is 11.3. The topological polar surface area (TPSA) is 49.3 Å². The fourth-order valence-corrected chi connectivity index (χ4v) is 4.60. The fourth-order valence-electron chi connectivity index (χ4n) is 4.33. The van der Waals surface area contributed by atoms with Crippen LogP contribution < -0.4 is 4.90 Å². The van der Waals surface area contributed by atoms with E-state index in [1.165, 1.54) is 6.07 Å². The Morgan fingerprint density at radius 2 is 1.85 bits per heavy atom. The number of hydrogen-bond acceptors (Lipinski definition) is 4. The zero-order valence-corrected chi connectivity index (χ0v) is 20.6. The molecule has 0 aliphatic carbocycles. The van der Waals surface area contributed by atoms with Gasteiger partial charge in [0.05, 0.1) is 0 Å². The highest BCUT2D eigenvalue weighted by Crippen LogP contribution is 2.26. The first-order valence-corrected chi connectivity index (χ1v) is 12.1. The number of carbonyl (C=O) groups is 1. The number of benzene rings is 2. The van der Waals surface area contributed by atoms with Crippen molar-refractivity contribution in [2.75, 3.05) is 31.1 Å². The molecule has 0 radical (unpaired) electrons. The van der Waals surface area contributed by atoms with E-state index in [1.54, 1.807) is 12.1 Å². The maximum Gasteiger partial charge on any atom is 0.253 e. The fraction of sp³-hybridized carbons (Fsp3) is 0.346. The van der Waals surface area contributed by atoms with Crippen molar-refractivity contribution < 1.29 is 9.18 Å². The van der Waals surface area contributed by atoms with Crippen molar-refractivity contribution in [3.63, 3.8) is 0 Å². The van der Waals surface area contributed by atoms with E-state index < -0.39 is 0 Å². The molecule has 3 aromatic rings. The third-order valence-corrected chi connectivity index (χ3v) is 6.49. The zero-order chi connectivity index (χ0) is 23.4. The largest absolute Gasteiger partial charge is 0.354 e. The van der Waals surface area contributed by atoms with Crippen LogP contribution in [0.25, 0.3) is 0 Å². The van der Waals surface area contributed by atoms with Gasteiger partial charge in [0.15, 0.2) is 0 Å². The Bertz CT molecular complexity index is 1140. The van der Waals surface area contributed by atoms with Crippen LogP contribution in [0.5, 0.6) is 0 Å². The number of anilines is 1. The Morgan fingerprint density at radius 1 is 1.06 bits per heavy atom. The minimum absolute atomic E-state index is 0.0532. The van der Waals surface area contributed by atoms with Crippen molar-refractivity contribution in [1.82, 2.24) is 14.9 Å². The average molecular weight is 511 g/mol. The maximum atomic E-state index is 13.8. The van der Waals surface area contributed by atoms with E-state index in [-0.39, 0.29) is 11.7 Å². The second-order valence-corrected chi connectivity index (χ2v) is 9.24. The molecule has 2 heterocycles. The highest BCUT2D eigenvalue weighted by molar-refractivity contribution is 9.10. The molecule has 0 spiro atoms. The lowest BCUT2D eigenvalue weighted by Crippen LogP contribution is -2.35. The van der Waals surface area contributed by atoms with Gasteiger partial charge in [-0.05, 0) is 61.7 Å². The second-order valence-electron chi connectivity index (χ2n) is 8.32. The van der Waals surface area contributed by atoms with E-state index in [2.05, 4.69) is 32.7 Å². The smallest absolute Gasteiger partial charge is 0.253 e. The lowest BCUT2D eigenvalue weighted by Gasteiger charge is -2.26. The van der Waals surface area contributed by atoms with Crippen molar-refractivity contribution in [1.29, 1.82) is 0 Å². The summed E-state index contributed by atoms with van der Waals surface area (Å²) >= 11 is 3.42. The summed E-state index contributed by atoms with van der Waals surface area (Å²) in [7, 11) is 0. The molecule has 172 valence electrons. The van der Waals surface area contributed by atoms with E-state index in [9.17, 15) is 9.18 Å². The third-order valence-electron chi connectivity index (χ3n) is 5.96. The molecule has 4 rings (SSSR count). The molecule has 0 saturated carbocycles. The van der Waals surface area contributed by atoms with Crippen LogP contribution in [0.4, 0.5) is 10.2 Å². The molecule has 1 fully saturated rings. The normalized spacial score (nSPS) is 14.3. The monoisotopic (exact) mass is 510 g/mol. The molecule has 0 N–H and O–H groups in total. The third kappa shape index (κ3) is 5.58. The van der Waals surface area contributed by atoms with Gasteiger partial charge in [-0.25, -0.2) is 14.4 Å². The number of aromatic nitrogens is 2. The number of amides is 1. The Balaban J connectivity index is 1.58. The molecule has 1 amide bonds. The van der Waals surface area contributed by atoms with Crippen molar-refractivity contribution >= 4 is 27.7 Å². The summed E-state index contributed by atoms with van der Waals surface area (Å²) in [4.78, 5) is 26.7. The van der Waals surface area contributed by atoms with Gasteiger partial charge in [-0.15, -0.1) is 0 Å². The number of nitrogens with zero attached hydrogens (tertiary/aromatic N) is 4. The molecule has 1 saturated heterocycles. The quantitative estimate of drug-likeness (QED) is 0.473. The van der Waals surface area contributed by atoms with Gasteiger partial charge < -0.3 is 9.80 Å². The van der Waals surface area contributed by atoms with Crippen LogP contribution >= 0.6 is 15.9 Å². The van der Waals surface area contributed by atoms with Gasteiger partial charge in [0.1, 0.15) is 17.5 Å². The van der Waals surface area contributed by atoms with Crippen molar-refractivity contribution in [3.8, 4) is 0 Å². The van der Waals surface area contributed by atoms with Gasteiger partial charge in [-0.2, -0.15) is 0 Å². The van der Waals surface area contributed by atoms with Gasteiger partial charge in [-0.3, -0.25) is 4.79 Å². The molecule has 1 aromatic heterocycles. The molecule has 5 nitrogen and oxygen atoms in total. The van der Waals surface area contributed by atoms with Crippen LogP contribution in [0.1, 0.15) is 46.3 Å². The van der Waals surface area contributed by atoms with Crippen LogP contribution in [0, 0.1) is 12.7 Å². The van der Waals surface area contributed by atoms with Crippen molar-refractivity contribution in [3.05, 3.63) is 87.0 Å². The summed E-state index contributed by atoms with van der Waals surface area (Å²) in [6, 6.07) is 14.2. The number of carbonyl (C=O) groups excluding carboxylic acids is 1. The molecule has 1 aliphatic rings. The number of hydrogen-bond donors (Lipinski definition) is 0. The van der Waals surface area contributed by atoms with Gasteiger partial charge >= 0.3 is 0 Å². The molecule has 2 aromatic carbocycles. The molecule has 7 heteroatoms. The molecule has 0 atom stereocenters. The van der Waals surface area contributed by atoms with E-state index in [1.807, 2.05) is 42.2 Å². The molecule has 1 aliphatic heterocycles. The van der Waals surface area contributed by atoms with Crippen LogP contribution in [0.3, 0.4) is 0 Å². The predicted octanol–water partition coefficient (Wildman–Crippen LogP) is 5.19. The highest BCUT2D eigenvalue weighted by atomic mass is 79.9. The molecular formula is C26H28BrFN4O. The van der Waals surface area contributed by atoms with Crippen molar-refractivity contribution in [2.45, 2.75) is 33.1 Å². The minimum Gasteiger partial charge on any atom is -0.354 e. The Hall–Kier alpha value is -2.80. The number of rotatable bonds is 5. The maximum absolute atomic E-state index is 13.8. The Kier molecular flexibility index (Phi) is 7.38. The van der Waals surface area contributed by atoms with E-state index in [0.29, 0.717) is 31.6 Å². The highest BCUT2D eigenvalue weighted by Gasteiger charge is 2.24. The Morgan fingerprint density at radius 3 is 2.58 bits per heavy atom. The second kappa shape index (κ2) is 10.4. The van der Waals surface area contributed by atoms with Crippen LogP contribution in [-0.4, -0.2) is 47.0 Å². The van der Waals surface area contributed by atoms with Gasteiger partial charge in [0.25, 0.3) is 5.91 Å². The molecule has 0 bridgehead atoms. The molecule has 33 heavy (non-hydrogen) atoms. The van der Waals surface area contributed by atoms with Gasteiger partial charge in [0.2, 0.25) is 0 Å². The summed E-state index contributed by atoms with van der Waals surface area (Å²) < 4.78 is 14.8. The van der Waals surface area contributed by atoms with Crippen LogP contribution in [-0.2, 0) is 12.8 Å².